The summed E-state index contributed by atoms with van der Waals surface area (Å²) in [5.41, 5.74) is 0. The zero-order chi connectivity index (χ0) is 17.4. The lowest BCUT2D eigenvalue weighted by Crippen LogP contribution is -2.54. The van der Waals surface area contributed by atoms with Gasteiger partial charge in [-0.1, -0.05) is 24.3 Å². The number of Topliss-reactive ketones (excluding diaryl/α,β-unsaturated/α-hetero) is 2. The van der Waals surface area contributed by atoms with Crippen LogP contribution in [0.15, 0.2) is 48.6 Å². The van der Waals surface area contributed by atoms with Crippen molar-refractivity contribution < 1.29 is 19.4 Å². The zero-order valence-corrected chi connectivity index (χ0v) is 12.4. The highest BCUT2D eigenvalue weighted by Gasteiger charge is 2.54. The van der Waals surface area contributed by atoms with Gasteiger partial charge in [0.05, 0.1) is 11.8 Å². The molecular weight excluding hydrogens is 316 g/mol. The van der Waals surface area contributed by atoms with E-state index in [-0.39, 0.29) is 11.6 Å². The highest BCUT2D eigenvalue weighted by atomic mass is 16.6. The third-order valence-electron chi connectivity index (χ3n) is 4.60. The van der Waals surface area contributed by atoms with Gasteiger partial charge in [0.15, 0.2) is 11.6 Å². The van der Waals surface area contributed by atoms with Crippen LogP contribution in [0.5, 0.6) is 0 Å². The van der Waals surface area contributed by atoms with Gasteiger partial charge in [0, 0.05) is 21.7 Å². The average Bonchev–Trinajstić information content (AvgIpc) is 2.56. The summed E-state index contributed by atoms with van der Waals surface area (Å²) in [7, 11) is 0. The molecule has 0 N–H and O–H groups in total. The number of allylic oxidation sites excluding steroid dienone is 4. The number of nitrogens with zero attached hydrogens (tertiary/aromatic N) is 2. The number of hydrogen-bond acceptors (Lipinski definition) is 6. The molecule has 24 heavy (non-hydrogen) atoms. The molecule has 3 aliphatic carbocycles. The fourth-order valence-corrected chi connectivity index (χ4v) is 3.28. The number of hydrogen-bond donors (Lipinski definition) is 0. The predicted octanol–water partition coefficient (Wildman–Crippen LogP) is 1.15. The molecule has 3 aliphatic rings. The molecular formula is C16H14N2O6. The Hall–Kier alpha value is -2.90. The van der Waals surface area contributed by atoms with Gasteiger partial charge < -0.3 is 0 Å². The minimum Gasteiger partial charge on any atom is -0.298 e. The molecule has 0 bridgehead atoms. The van der Waals surface area contributed by atoms with Crippen molar-refractivity contribution in [3.8, 4) is 0 Å². The topological polar surface area (TPSA) is 120 Å². The molecule has 0 aliphatic heterocycles. The zero-order valence-electron chi connectivity index (χ0n) is 12.4. The highest BCUT2D eigenvalue weighted by molar-refractivity contribution is 6.24. The summed E-state index contributed by atoms with van der Waals surface area (Å²) in [6, 6.07) is -1.85. The van der Waals surface area contributed by atoms with Gasteiger partial charge in [-0.15, -0.1) is 0 Å². The van der Waals surface area contributed by atoms with Gasteiger partial charge in [-0.3, -0.25) is 29.8 Å². The average molecular weight is 330 g/mol. The van der Waals surface area contributed by atoms with Crippen LogP contribution in [0.1, 0.15) is 0 Å². The Morgan fingerprint density at radius 2 is 0.917 bits per heavy atom. The Morgan fingerprint density at radius 3 is 1.17 bits per heavy atom. The first-order valence-electron chi connectivity index (χ1n) is 7.48. The van der Waals surface area contributed by atoms with Crippen LogP contribution in [0.25, 0.3) is 0 Å². The van der Waals surface area contributed by atoms with Crippen molar-refractivity contribution in [3.63, 3.8) is 0 Å². The van der Waals surface area contributed by atoms with Crippen molar-refractivity contribution in [3.05, 3.63) is 68.8 Å². The molecule has 1 saturated carbocycles. The number of rotatable bonds is 4. The van der Waals surface area contributed by atoms with Crippen LogP contribution in [-0.4, -0.2) is 33.5 Å². The van der Waals surface area contributed by atoms with Crippen LogP contribution in [0.3, 0.4) is 0 Å². The molecule has 8 nitrogen and oxygen atoms in total. The van der Waals surface area contributed by atoms with Gasteiger partial charge in [-0.05, 0) is 24.3 Å². The van der Waals surface area contributed by atoms with E-state index in [1.165, 1.54) is 48.6 Å². The van der Waals surface area contributed by atoms with Crippen molar-refractivity contribution in [2.75, 3.05) is 0 Å². The van der Waals surface area contributed by atoms with Gasteiger partial charge in [0.2, 0.25) is 12.1 Å². The van der Waals surface area contributed by atoms with Gasteiger partial charge in [-0.25, -0.2) is 0 Å². The molecule has 0 aromatic heterocycles. The minimum atomic E-state index is -0.925. The van der Waals surface area contributed by atoms with E-state index in [9.17, 15) is 29.8 Å². The van der Waals surface area contributed by atoms with E-state index in [4.69, 9.17) is 0 Å². The molecule has 0 radical (unpaired) electrons. The smallest absolute Gasteiger partial charge is 0.249 e. The van der Waals surface area contributed by atoms with E-state index in [0.29, 0.717) is 0 Å². The van der Waals surface area contributed by atoms with Crippen LogP contribution in [-0.2, 0) is 9.59 Å². The third-order valence-corrected chi connectivity index (χ3v) is 4.60. The lowest BCUT2D eigenvalue weighted by Gasteiger charge is -2.38. The van der Waals surface area contributed by atoms with E-state index >= 15 is 0 Å². The molecule has 8 heteroatoms. The Morgan fingerprint density at radius 1 is 0.625 bits per heavy atom. The van der Waals surface area contributed by atoms with Crippen LogP contribution in [0.2, 0.25) is 0 Å². The summed E-state index contributed by atoms with van der Waals surface area (Å²) < 4.78 is 0. The lowest BCUT2D eigenvalue weighted by atomic mass is 9.60. The number of nitro groups is 2. The number of carbonyl (C=O) groups is 2. The molecule has 0 unspecified atom stereocenters. The highest BCUT2D eigenvalue weighted by Crippen LogP contribution is 2.40. The molecule has 124 valence electrons. The Kier molecular flexibility index (Phi) is 3.96. The first-order chi connectivity index (χ1) is 11.4. The summed E-state index contributed by atoms with van der Waals surface area (Å²) >= 11 is 0. The van der Waals surface area contributed by atoms with Gasteiger partial charge in [0.25, 0.3) is 0 Å². The van der Waals surface area contributed by atoms with Gasteiger partial charge in [-0.2, -0.15) is 0 Å². The second-order valence-electron chi connectivity index (χ2n) is 6.01. The van der Waals surface area contributed by atoms with Crippen LogP contribution in [0, 0.1) is 43.9 Å². The first kappa shape index (κ1) is 16.0. The maximum Gasteiger partial charge on any atom is 0.249 e. The molecule has 0 aromatic rings. The first-order valence-corrected chi connectivity index (χ1v) is 7.48. The molecule has 0 spiro atoms. The van der Waals surface area contributed by atoms with Crippen LogP contribution in [0.4, 0.5) is 0 Å². The molecule has 1 fully saturated rings. The molecule has 0 amide bonds. The lowest BCUT2D eigenvalue weighted by molar-refractivity contribution is -0.497. The Bertz CT molecular complexity index is 633. The summed E-state index contributed by atoms with van der Waals surface area (Å²) in [6.07, 6.45) is 11.6. The fraction of sp³-hybridized carbons (Fsp3) is 0.375. The molecule has 3 rings (SSSR count). The van der Waals surface area contributed by atoms with Crippen molar-refractivity contribution in [2.45, 2.75) is 12.1 Å². The van der Waals surface area contributed by atoms with Crippen molar-refractivity contribution in [2.24, 2.45) is 23.7 Å². The Balaban J connectivity index is 1.66. The Labute approximate surface area is 136 Å². The SMILES string of the molecule is O=C1C(C2C=CC([N+](=O)[O-])C=C2)C(=O)C1C1C=CC([N+](=O)[O-])C=C1. The van der Waals surface area contributed by atoms with E-state index in [0.717, 1.165) is 0 Å². The van der Waals surface area contributed by atoms with E-state index in [2.05, 4.69) is 0 Å². The molecule has 0 heterocycles. The van der Waals surface area contributed by atoms with Crippen molar-refractivity contribution in [1.29, 1.82) is 0 Å². The second-order valence-corrected chi connectivity index (χ2v) is 6.01. The van der Waals surface area contributed by atoms with Crippen LogP contribution >= 0.6 is 0 Å². The molecule has 0 aromatic carbocycles. The third kappa shape index (κ3) is 2.60. The molecule has 0 atom stereocenters. The summed E-state index contributed by atoms with van der Waals surface area (Å²) in [5.74, 6) is -2.99. The van der Waals surface area contributed by atoms with Crippen LogP contribution < -0.4 is 0 Å². The maximum atomic E-state index is 12.4. The van der Waals surface area contributed by atoms with E-state index in [1.807, 2.05) is 0 Å². The summed E-state index contributed by atoms with van der Waals surface area (Å²) in [4.78, 5) is 45.2. The maximum absolute atomic E-state index is 12.4. The standard InChI is InChI=1S/C16H14N2O6/c19-15-13(9-1-5-11(6-2-9)17(21)22)16(20)14(15)10-3-7-12(8-4-10)18(23)24/h1-14H. The quantitative estimate of drug-likeness (QED) is 0.330. The van der Waals surface area contributed by atoms with Gasteiger partial charge >= 0.3 is 0 Å². The largest absolute Gasteiger partial charge is 0.298 e. The van der Waals surface area contributed by atoms with E-state index < -0.39 is 45.6 Å². The molecule has 0 saturated heterocycles. The number of ketones is 2. The summed E-state index contributed by atoms with van der Waals surface area (Å²) in [5, 5.41) is 21.4. The van der Waals surface area contributed by atoms with Gasteiger partial charge in [0.1, 0.15) is 0 Å². The second kappa shape index (κ2) is 5.95. The normalized spacial score (nSPS) is 37.3. The monoisotopic (exact) mass is 330 g/mol. The summed E-state index contributed by atoms with van der Waals surface area (Å²) in [6.45, 7) is 0. The predicted molar refractivity (Wildman–Crippen MR) is 82.1 cm³/mol. The number of carbonyl (C=O) groups excluding carboxylic acids is 2. The fourth-order valence-electron chi connectivity index (χ4n) is 3.28. The minimum absolute atomic E-state index is 0.224. The van der Waals surface area contributed by atoms with Crippen molar-refractivity contribution in [1.82, 2.24) is 0 Å². The van der Waals surface area contributed by atoms with E-state index in [1.54, 1.807) is 0 Å². The van der Waals surface area contributed by atoms with Crippen molar-refractivity contribution >= 4 is 11.6 Å².